The summed E-state index contributed by atoms with van der Waals surface area (Å²) in [6.45, 7) is 6.50. The average Bonchev–Trinajstić information content (AvgIpc) is 2.61. The second-order valence-electron chi connectivity index (χ2n) is 6.51. The molecule has 0 radical (unpaired) electrons. The van der Waals surface area contributed by atoms with E-state index in [1.165, 1.54) is 18.2 Å². The van der Waals surface area contributed by atoms with E-state index in [-0.39, 0.29) is 21.4 Å². The highest BCUT2D eigenvalue weighted by molar-refractivity contribution is 7.92. The maximum atomic E-state index is 12.8. The van der Waals surface area contributed by atoms with E-state index in [2.05, 4.69) is 17.0 Å². The number of unbranched alkanes of at least 4 members (excludes halogenated alkanes) is 2. The number of aryl methyl sites for hydroxylation is 2. The van der Waals surface area contributed by atoms with Crippen LogP contribution in [0.5, 0.6) is 0 Å². The van der Waals surface area contributed by atoms with Crippen LogP contribution in [0.15, 0.2) is 41.3 Å². The zero-order chi connectivity index (χ0) is 20.0. The van der Waals surface area contributed by atoms with Crippen LogP contribution in [-0.2, 0) is 10.0 Å². The molecule has 0 spiro atoms. The minimum Gasteiger partial charge on any atom is -0.352 e. The predicted molar refractivity (Wildman–Crippen MR) is 110 cm³/mol. The SMILES string of the molecule is CCCCCNC(=O)c1ccc(Cl)c(S(=O)(=O)Nc2ccc(C)c(C)c2)c1. The Kier molecular flexibility index (Phi) is 7.27. The molecule has 2 aromatic carbocycles. The van der Waals surface area contributed by atoms with Crippen molar-refractivity contribution < 1.29 is 13.2 Å². The van der Waals surface area contributed by atoms with Crippen LogP contribution in [0.2, 0.25) is 5.02 Å². The number of halogens is 1. The fraction of sp³-hybridized carbons (Fsp3) is 0.350. The number of hydrogen-bond acceptors (Lipinski definition) is 3. The molecule has 146 valence electrons. The summed E-state index contributed by atoms with van der Waals surface area (Å²) in [4.78, 5) is 12.1. The molecule has 0 atom stereocenters. The number of hydrogen-bond donors (Lipinski definition) is 2. The quantitative estimate of drug-likeness (QED) is 0.623. The molecule has 7 heteroatoms. The van der Waals surface area contributed by atoms with Crippen molar-refractivity contribution in [2.24, 2.45) is 0 Å². The first-order valence-electron chi connectivity index (χ1n) is 8.92. The highest BCUT2D eigenvalue weighted by atomic mass is 35.5. The zero-order valence-electron chi connectivity index (χ0n) is 15.8. The van der Waals surface area contributed by atoms with Crippen LogP contribution in [0.1, 0.15) is 47.7 Å². The first-order valence-corrected chi connectivity index (χ1v) is 10.8. The number of sulfonamides is 1. The van der Waals surface area contributed by atoms with Gasteiger partial charge in [0, 0.05) is 17.8 Å². The van der Waals surface area contributed by atoms with Gasteiger partial charge in [-0.3, -0.25) is 9.52 Å². The van der Waals surface area contributed by atoms with E-state index in [1.807, 2.05) is 19.9 Å². The minimum atomic E-state index is -3.92. The highest BCUT2D eigenvalue weighted by Gasteiger charge is 2.20. The van der Waals surface area contributed by atoms with E-state index in [1.54, 1.807) is 12.1 Å². The van der Waals surface area contributed by atoms with E-state index in [0.717, 1.165) is 30.4 Å². The summed E-state index contributed by atoms with van der Waals surface area (Å²) >= 11 is 6.10. The van der Waals surface area contributed by atoms with Crippen molar-refractivity contribution >= 4 is 33.2 Å². The molecule has 0 aliphatic heterocycles. The second kappa shape index (κ2) is 9.24. The van der Waals surface area contributed by atoms with Crippen molar-refractivity contribution in [3.05, 3.63) is 58.1 Å². The molecule has 27 heavy (non-hydrogen) atoms. The second-order valence-corrected chi connectivity index (χ2v) is 8.57. The molecule has 2 N–H and O–H groups in total. The largest absolute Gasteiger partial charge is 0.352 e. The van der Waals surface area contributed by atoms with Crippen LogP contribution in [-0.4, -0.2) is 20.9 Å². The van der Waals surface area contributed by atoms with Gasteiger partial charge in [0.1, 0.15) is 4.90 Å². The number of rotatable bonds is 8. The van der Waals surface area contributed by atoms with Gasteiger partial charge >= 0.3 is 0 Å². The van der Waals surface area contributed by atoms with Gasteiger partial charge in [-0.25, -0.2) is 8.42 Å². The maximum absolute atomic E-state index is 12.8. The van der Waals surface area contributed by atoms with Crippen LogP contribution in [0.25, 0.3) is 0 Å². The summed E-state index contributed by atoms with van der Waals surface area (Å²) in [6.07, 6.45) is 2.97. The normalized spacial score (nSPS) is 11.3. The molecule has 2 aromatic rings. The van der Waals surface area contributed by atoms with Crippen molar-refractivity contribution in [3.63, 3.8) is 0 Å². The van der Waals surface area contributed by atoms with Crippen molar-refractivity contribution in [2.45, 2.75) is 44.9 Å². The Morgan fingerprint density at radius 3 is 2.44 bits per heavy atom. The number of amides is 1. The van der Waals surface area contributed by atoms with E-state index < -0.39 is 10.0 Å². The van der Waals surface area contributed by atoms with E-state index in [9.17, 15) is 13.2 Å². The Bertz CT molecular complexity index is 927. The molecule has 0 unspecified atom stereocenters. The lowest BCUT2D eigenvalue weighted by Gasteiger charge is -2.12. The monoisotopic (exact) mass is 408 g/mol. The van der Waals surface area contributed by atoms with Gasteiger partial charge in [-0.15, -0.1) is 0 Å². The third-order valence-electron chi connectivity index (χ3n) is 4.31. The van der Waals surface area contributed by atoms with Crippen LogP contribution >= 0.6 is 11.6 Å². The Morgan fingerprint density at radius 2 is 1.78 bits per heavy atom. The number of carbonyl (C=O) groups is 1. The summed E-state index contributed by atoms with van der Waals surface area (Å²) < 4.78 is 28.1. The molecule has 0 fully saturated rings. The predicted octanol–water partition coefficient (Wildman–Crippen LogP) is 4.68. The number of nitrogens with one attached hydrogen (secondary N) is 2. The summed E-state index contributed by atoms with van der Waals surface area (Å²) in [5.41, 5.74) is 2.75. The zero-order valence-corrected chi connectivity index (χ0v) is 17.4. The van der Waals surface area contributed by atoms with E-state index in [0.29, 0.717) is 12.2 Å². The van der Waals surface area contributed by atoms with Gasteiger partial charge in [-0.05, 0) is 61.7 Å². The summed E-state index contributed by atoms with van der Waals surface area (Å²) in [7, 11) is -3.92. The fourth-order valence-electron chi connectivity index (χ4n) is 2.54. The first kappa shape index (κ1) is 21.3. The van der Waals surface area contributed by atoms with Gasteiger partial charge in [-0.1, -0.05) is 37.4 Å². The van der Waals surface area contributed by atoms with Crippen molar-refractivity contribution in [1.82, 2.24) is 5.32 Å². The molecule has 0 bridgehead atoms. The fourth-order valence-corrected chi connectivity index (χ4v) is 4.12. The van der Waals surface area contributed by atoms with Crippen molar-refractivity contribution in [2.75, 3.05) is 11.3 Å². The smallest absolute Gasteiger partial charge is 0.263 e. The molecule has 0 aromatic heterocycles. The van der Waals surface area contributed by atoms with Gasteiger partial charge in [-0.2, -0.15) is 0 Å². The summed E-state index contributed by atoms with van der Waals surface area (Å²) in [5.74, 6) is -0.314. The Labute approximate surface area is 166 Å². The molecule has 0 aliphatic rings. The molecule has 2 rings (SSSR count). The number of anilines is 1. The highest BCUT2D eigenvalue weighted by Crippen LogP contribution is 2.26. The van der Waals surface area contributed by atoms with Gasteiger partial charge < -0.3 is 5.32 Å². The van der Waals surface area contributed by atoms with Gasteiger partial charge in [0.25, 0.3) is 15.9 Å². The van der Waals surface area contributed by atoms with Crippen LogP contribution in [0.4, 0.5) is 5.69 Å². The summed E-state index contributed by atoms with van der Waals surface area (Å²) in [6, 6.07) is 9.54. The van der Waals surface area contributed by atoms with Crippen molar-refractivity contribution in [1.29, 1.82) is 0 Å². The Balaban J connectivity index is 2.22. The van der Waals surface area contributed by atoms with Gasteiger partial charge in [0.05, 0.1) is 5.02 Å². The standard InChI is InChI=1S/C20H25ClN2O3S/c1-4-5-6-11-22-20(24)16-8-10-18(21)19(13-16)27(25,26)23-17-9-7-14(2)15(3)12-17/h7-10,12-13,23H,4-6,11H2,1-3H3,(H,22,24). The third kappa shape index (κ3) is 5.71. The molecular formula is C20H25ClN2O3S. The maximum Gasteiger partial charge on any atom is 0.263 e. The average molecular weight is 409 g/mol. The van der Waals surface area contributed by atoms with Crippen LogP contribution in [0.3, 0.4) is 0 Å². The molecular weight excluding hydrogens is 384 g/mol. The lowest BCUT2D eigenvalue weighted by molar-refractivity contribution is 0.0952. The molecule has 1 amide bonds. The molecule has 0 saturated carbocycles. The number of benzene rings is 2. The first-order chi connectivity index (χ1) is 12.7. The van der Waals surface area contributed by atoms with Crippen molar-refractivity contribution in [3.8, 4) is 0 Å². The number of carbonyl (C=O) groups excluding carboxylic acids is 1. The minimum absolute atomic E-state index is 0.0638. The van der Waals surface area contributed by atoms with E-state index >= 15 is 0 Å². The molecule has 5 nitrogen and oxygen atoms in total. The van der Waals surface area contributed by atoms with Gasteiger partial charge in [0.2, 0.25) is 0 Å². The van der Waals surface area contributed by atoms with Crippen LogP contribution in [0, 0.1) is 13.8 Å². The lowest BCUT2D eigenvalue weighted by Crippen LogP contribution is -2.25. The summed E-state index contributed by atoms with van der Waals surface area (Å²) in [5, 5.41) is 2.86. The molecule has 0 heterocycles. The molecule has 0 saturated heterocycles. The van der Waals surface area contributed by atoms with E-state index in [4.69, 9.17) is 11.6 Å². The lowest BCUT2D eigenvalue weighted by atomic mass is 10.1. The Morgan fingerprint density at radius 1 is 1.04 bits per heavy atom. The third-order valence-corrected chi connectivity index (χ3v) is 6.17. The van der Waals surface area contributed by atoms with Gasteiger partial charge in [0.15, 0.2) is 0 Å². The topological polar surface area (TPSA) is 75.3 Å². The Hall–Kier alpha value is -2.05. The molecule has 0 aliphatic carbocycles. The van der Waals surface area contributed by atoms with Crippen LogP contribution < -0.4 is 10.0 Å².